The fourth-order valence-corrected chi connectivity index (χ4v) is 5.61. The van der Waals surface area contributed by atoms with Crippen molar-refractivity contribution in [1.29, 1.82) is 0 Å². The second-order valence-corrected chi connectivity index (χ2v) is 10.7. The van der Waals surface area contributed by atoms with E-state index in [0.717, 1.165) is 22.3 Å². The Morgan fingerprint density at radius 2 is 1.80 bits per heavy atom. The number of rotatable bonds is 8. The van der Waals surface area contributed by atoms with Crippen LogP contribution in [0.4, 0.5) is 5.13 Å². The second kappa shape index (κ2) is 9.43. The molecule has 6 nitrogen and oxygen atoms in total. The van der Waals surface area contributed by atoms with E-state index in [-0.39, 0.29) is 4.90 Å². The highest BCUT2D eigenvalue weighted by Crippen LogP contribution is 2.35. The zero-order valence-electron chi connectivity index (χ0n) is 17.1. The lowest BCUT2D eigenvalue weighted by atomic mass is 10.2. The molecule has 0 N–H and O–H groups in total. The van der Waals surface area contributed by atoms with Gasteiger partial charge >= 0.3 is 0 Å². The highest BCUT2D eigenvalue weighted by molar-refractivity contribution is 7.92. The molecule has 0 saturated carbocycles. The lowest BCUT2D eigenvalue weighted by Gasteiger charge is -2.21. The number of halogens is 1. The number of thiazole rings is 1. The van der Waals surface area contributed by atoms with Gasteiger partial charge in [0, 0.05) is 6.54 Å². The Kier molecular flexibility index (Phi) is 7.13. The van der Waals surface area contributed by atoms with E-state index in [4.69, 9.17) is 11.6 Å². The summed E-state index contributed by atoms with van der Waals surface area (Å²) in [6, 6.07) is 11.7. The van der Waals surface area contributed by atoms with Crippen molar-refractivity contribution in [3.05, 3.63) is 53.1 Å². The average molecular weight is 466 g/mol. The Labute approximate surface area is 186 Å². The SMILES string of the molecule is Cc1ccc(Cl)c2sc(N(CCCN(C)C)C(=O)CS(=O)(=O)c3ccccc3)nc12. The predicted octanol–water partition coefficient (Wildman–Crippen LogP) is 4.02. The third-order valence-corrected chi connectivity index (χ3v) is 7.78. The molecular weight excluding hydrogens is 442 g/mol. The van der Waals surface area contributed by atoms with E-state index < -0.39 is 21.5 Å². The Balaban J connectivity index is 1.93. The van der Waals surface area contributed by atoms with E-state index in [0.29, 0.717) is 23.1 Å². The first-order valence-electron chi connectivity index (χ1n) is 9.47. The largest absolute Gasteiger partial charge is 0.309 e. The molecule has 9 heteroatoms. The minimum absolute atomic E-state index is 0.134. The third-order valence-electron chi connectivity index (χ3n) is 4.62. The number of sulfone groups is 1. The molecule has 3 rings (SSSR count). The van der Waals surface area contributed by atoms with Crippen molar-refractivity contribution in [2.75, 3.05) is 37.8 Å². The number of nitrogens with zero attached hydrogens (tertiary/aromatic N) is 3. The molecule has 3 aromatic rings. The minimum Gasteiger partial charge on any atom is -0.309 e. The van der Waals surface area contributed by atoms with Crippen LogP contribution in [0.25, 0.3) is 10.2 Å². The van der Waals surface area contributed by atoms with Crippen LogP contribution in [0.5, 0.6) is 0 Å². The molecule has 0 bridgehead atoms. The van der Waals surface area contributed by atoms with Gasteiger partial charge in [-0.2, -0.15) is 0 Å². The molecule has 0 atom stereocenters. The number of fused-ring (bicyclic) bond motifs is 1. The molecule has 1 aromatic heterocycles. The van der Waals surface area contributed by atoms with Crippen LogP contribution in [0.15, 0.2) is 47.4 Å². The summed E-state index contributed by atoms with van der Waals surface area (Å²) in [5.74, 6) is -1.10. The van der Waals surface area contributed by atoms with Gasteiger partial charge in [0.25, 0.3) is 0 Å². The number of carbonyl (C=O) groups excluding carboxylic acids is 1. The summed E-state index contributed by atoms with van der Waals surface area (Å²) in [6.45, 7) is 3.07. The van der Waals surface area contributed by atoms with Gasteiger partial charge in [0.15, 0.2) is 15.0 Å². The monoisotopic (exact) mass is 465 g/mol. The molecule has 30 heavy (non-hydrogen) atoms. The molecule has 0 fully saturated rings. The summed E-state index contributed by atoms with van der Waals surface area (Å²) >= 11 is 7.63. The molecule has 1 amide bonds. The van der Waals surface area contributed by atoms with E-state index in [1.165, 1.54) is 28.4 Å². The fraction of sp³-hybridized carbons (Fsp3) is 0.333. The number of benzene rings is 2. The smallest absolute Gasteiger partial charge is 0.244 e. The summed E-state index contributed by atoms with van der Waals surface area (Å²) in [7, 11) is 0.151. The normalized spacial score (nSPS) is 11.9. The number of anilines is 1. The first-order chi connectivity index (χ1) is 14.2. The van der Waals surface area contributed by atoms with Crippen LogP contribution >= 0.6 is 22.9 Å². The molecule has 0 radical (unpaired) electrons. The molecule has 0 aliphatic carbocycles. The molecule has 2 aromatic carbocycles. The summed E-state index contributed by atoms with van der Waals surface area (Å²) < 4.78 is 26.3. The highest BCUT2D eigenvalue weighted by Gasteiger charge is 2.26. The first kappa shape index (κ1) is 22.7. The summed E-state index contributed by atoms with van der Waals surface area (Å²) in [6.07, 6.45) is 0.687. The van der Waals surface area contributed by atoms with Gasteiger partial charge in [0.1, 0.15) is 5.75 Å². The van der Waals surface area contributed by atoms with Crippen LogP contribution in [0.2, 0.25) is 5.02 Å². The zero-order chi connectivity index (χ0) is 21.9. The van der Waals surface area contributed by atoms with E-state index in [9.17, 15) is 13.2 Å². The van der Waals surface area contributed by atoms with Gasteiger partial charge in [-0.15, -0.1) is 0 Å². The first-order valence-corrected chi connectivity index (χ1v) is 12.3. The molecule has 0 unspecified atom stereocenters. The van der Waals surface area contributed by atoms with E-state index in [1.807, 2.05) is 32.0 Å². The minimum atomic E-state index is -3.75. The number of amides is 1. The van der Waals surface area contributed by atoms with Gasteiger partial charge < -0.3 is 4.90 Å². The Bertz CT molecular complexity index is 1110. The topological polar surface area (TPSA) is 70.6 Å². The van der Waals surface area contributed by atoms with Gasteiger partial charge in [-0.3, -0.25) is 9.69 Å². The standard InChI is InChI=1S/C21H24ClN3O3S2/c1-15-10-11-17(22)20-19(15)23-21(29-20)25(13-7-12-24(2)3)18(26)14-30(27,28)16-8-5-4-6-9-16/h4-6,8-11H,7,12-14H2,1-3H3. The van der Waals surface area contributed by atoms with Crippen LogP contribution in [-0.2, 0) is 14.6 Å². The quantitative estimate of drug-likeness (QED) is 0.502. The lowest BCUT2D eigenvalue weighted by molar-refractivity contribution is -0.116. The number of hydrogen-bond acceptors (Lipinski definition) is 6. The van der Waals surface area contributed by atoms with Crippen molar-refractivity contribution < 1.29 is 13.2 Å². The molecule has 0 spiro atoms. The molecule has 0 aliphatic heterocycles. The molecule has 0 saturated heterocycles. The van der Waals surface area contributed by atoms with Crippen LogP contribution in [-0.4, -0.2) is 57.1 Å². The second-order valence-electron chi connectivity index (χ2n) is 7.31. The fourth-order valence-electron chi connectivity index (χ4n) is 3.03. The third kappa shape index (κ3) is 5.18. The molecule has 1 heterocycles. The van der Waals surface area contributed by atoms with Crippen molar-refractivity contribution in [3.63, 3.8) is 0 Å². The summed E-state index contributed by atoms with van der Waals surface area (Å²) in [4.78, 5) is 21.4. The molecular formula is C21H24ClN3O3S2. The average Bonchev–Trinajstić information content (AvgIpc) is 3.14. The van der Waals surface area contributed by atoms with Gasteiger partial charge in [-0.25, -0.2) is 13.4 Å². The highest BCUT2D eigenvalue weighted by atomic mass is 35.5. The maximum atomic E-state index is 13.1. The van der Waals surface area contributed by atoms with Crippen LogP contribution in [0, 0.1) is 6.92 Å². The van der Waals surface area contributed by atoms with Crippen LogP contribution < -0.4 is 4.90 Å². The van der Waals surface area contributed by atoms with Gasteiger partial charge in [0.05, 0.1) is 20.1 Å². The number of hydrogen-bond donors (Lipinski definition) is 0. The van der Waals surface area contributed by atoms with E-state index in [1.54, 1.807) is 24.3 Å². The number of aryl methyl sites for hydroxylation is 1. The number of aromatic nitrogens is 1. The summed E-state index contributed by atoms with van der Waals surface area (Å²) in [5.41, 5.74) is 1.69. The lowest BCUT2D eigenvalue weighted by Crippen LogP contribution is -2.37. The van der Waals surface area contributed by atoms with Crippen LogP contribution in [0.1, 0.15) is 12.0 Å². The van der Waals surface area contributed by atoms with Crippen molar-refractivity contribution in [2.24, 2.45) is 0 Å². The zero-order valence-corrected chi connectivity index (χ0v) is 19.5. The van der Waals surface area contributed by atoms with Crippen molar-refractivity contribution in [1.82, 2.24) is 9.88 Å². The van der Waals surface area contributed by atoms with Gasteiger partial charge in [-0.1, -0.05) is 47.2 Å². The van der Waals surface area contributed by atoms with E-state index in [2.05, 4.69) is 4.98 Å². The van der Waals surface area contributed by atoms with Crippen molar-refractivity contribution in [2.45, 2.75) is 18.2 Å². The van der Waals surface area contributed by atoms with Crippen LogP contribution in [0.3, 0.4) is 0 Å². The van der Waals surface area contributed by atoms with Gasteiger partial charge in [0.2, 0.25) is 5.91 Å². The van der Waals surface area contributed by atoms with Crippen molar-refractivity contribution in [3.8, 4) is 0 Å². The predicted molar refractivity (Wildman–Crippen MR) is 123 cm³/mol. The van der Waals surface area contributed by atoms with Gasteiger partial charge in [-0.05, 0) is 57.7 Å². The van der Waals surface area contributed by atoms with E-state index >= 15 is 0 Å². The van der Waals surface area contributed by atoms with Crippen molar-refractivity contribution >= 4 is 54.0 Å². The Hall–Kier alpha value is -2.00. The number of carbonyl (C=O) groups is 1. The maximum absolute atomic E-state index is 13.1. The molecule has 0 aliphatic rings. The summed E-state index contributed by atoms with van der Waals surface area (Å²) in [5, 5.41) is 1.03. The molecule has 160 valence electrons. The Morgan fingerprint density at radius 1 is 1.10 bits per heavy atom. The Morgan fingerprint density at radius 3 is 2.43 bits per heavy atom. The maximum Gasteiger partial charge on any atom is 0.244 e.